The summed E-state index contributed by atoms with van der Waals surface area (Å²) in [5, 5.41) is 7.26. The normalized spacial score (nSPS) is 11.5. The summed E-state index contributed by atoms with van der Waals surface area (Å²) in [7, 11) is -3.00. The molecule has 0 fully saturated rings. The maximum atomic E-state index is 13.4. The lowest BCUT2D eigenvalue weighted by Crippen LogP contribution is -2.21. The van der Waals surface area contributed by atoms with E-state index in [-0.39, 0.29) is 18.2 Å². The lowest BCUT2D eigenvalue weighted by atomic mass is 10.1. The van der Waals surface area contributed by atoms with Gasteiger partial charge in [0.15, 0.2) is 0 Å². The molecule has 0 atom stereocenters. The van der Waals surface area contributed by atoms with Crippen LogP contribution in [0.1, 0.15) is 11.3 Å². The van der Waals surface area contributed by atoms with Crippen molar-refractivity contribution in [2.75, 3.05) is 23.9 Å². The van der Waals surface area contributed by atoms with Crippen LogP contribution in [0.3, 0.4) is 0 Å². The van der Waals surface area contributed by atoms with Gasteiger partial charge in [-0.2, -0.15) is 0 Å². The molecule has 10 heteroatoms. The predicted molar refractivity (Wildman–Crippen MR) is 149 cm³/mol. The Morgan fingerprint density at radius 3 is 2.62 bits per heavy atom. The Labute approximate surface area is 225 Å². The highest BCUT2D eigenvalue weighted by atomic mass is 32.2. The van der Waals surface area contributed by atoms with E-state index in [4.69, 9.17) is 9.15 Å². The molecule has 0 aliphatic rings. The average molecular weight is 547 g/mol. The monoisotopic (exact) mass is 546 g/mol. The van der Waals surface area contributed by atoms with Crippen molar-refractivity contribution in [1.29, 1.82) is 0 Å². The number of rotatable bonds is 11. The molecule has 2 N–H and O–H groups in total. The molecule has 0 saturated carbocycles. The molecule has 39 heavy (non-hydrogen) atoms. The third-order valence-corrected chi connectivity index (χ3v) is 6.89. The van der Waals surface area contributed by atoms with Gasteiger partial charge in [-0.15, -0.1) is 0 Å². The fraction of sp³-hybridized carbons (Fsp3) is 0.172. The van der Waals surface area contributed by atoms with Gasteiger partial charge in [0.1, 0.15) is 51.7 Å². The fourth-order valence-corrected chi connectivity index (χ4v) is 4.49. The van der Waals surface area contributed by atoms with Crippen LogP contribution < -0.4 is 15.4 Å². The zero-order valence-electron chi connectivity index (χ0n) is 21.2. The Morgan fingerprint density at radius 1 is 0.974 bits per heavy atom. The number of aromatic nitrogens is 2. The topological polar surface area (TPSA) is 106 Å². The molecule has 0 aliphatic heterocycles. The third kappa shape index (κ3) is 7.18. The van der Waals surface area contributed by atoms with Gasteiger partial charge in [0.25, 0.3) is 0 Å². The summed E-state index contributed by atoms with van der Waals surface area (Å²) in [4.78, 5) is 8.84. The standard InChI is InChI=1S/C29H27FN4O4S/c1-39(35,36)14-13-31-17-25-10-12-28(38-25)21-5-11-26-27(16-21)32-19-33-29(26)34-23-6-8-24(9-7-23)37-18-20-3-2-4-22(30)15-20/h2-12,15-16,19,31H,13-14,17-18H2,1H3,(H,32,33,34). The molecular formula is C29H27FN4O4S. The number of sulfone groups is 1. The van der Waals surface area contributed by atoms with Crippen LogP contribution in [0.2, 0.25) is 0 Å². The van der Waals surface area contributed by atoms with Crippen molar-refractivity contribution in [2.45, 2.75) is 13.2 Å². The molecule has 0 amide bonds. The van der Waals surface area contributed by atoms with Gasteiger partial charge in [-0.1, -0.05) is 18.2 Å². The number of ether oxygens (including phenoxy) is 1. The third-order valence-electron chi connectivity index (χ3n) is 5.94. The number of hydrogen-bond donors (Lipinski definition) is 2. The molecule has 5 aromatic rings. The van der Waals surface area contributed by atoms with Gasteiger partial charge in [0, 0.05) is 29.4 Å². The highest BCUT2D eigenvalue weighted by Crippen LogP contribution is 2.29. The van der Waals surface area contributed by atoms with E-state index in [2.05, 4.69) is 20.6 Å². The molecule has 0 bridgehead atoms. The Balaban J connectivity index is 1.23. The van der Waals surface area contributed by atoms with Crippen LogP contribution in [0.25, 0.3) is 22.2 Å². The van der Waals surface area contributed by atoms with E-state index in [1.807, 2.05) is 60.7 Å². The van der Waals surface area contributed by atoms with Crippen LogP contribution in [0, 0.1) is 5.82 Å². The molecule has 3 aromatic carbocycles. The van der Waals surface area contributed by atoms with Crippen molar-refractivity contribution in [2.24, 2.45) is 0 Å². The number of fused-ring (bicyclic) bond motifs is 1. The van der Waals surface area contributed by atoms with Crippen LogP contribution in [-0.2, 0) is 23.0 Å². The summed E-state index contributed by atoms with van der Waals surface area (Å²) >= 11 is 0. The first-order valence-electron chi connectivity index (χ1n) is 12.3. The Morgan fingerprint density at radius 2 is 1.82 bits per heavy atom. The number of halogens is 1. The van der Waals surface area contributed by atoms with Gasteiger partial charge in [-0.3, -0.25) is 0 Å². The van der Waals surface area contributed by atoms with Crippen molar-refractivity contribution in [3.05, 3.63) is 102 Å². The summed E-state index contributed by atoms with van der Waals surface area (Å²) in [6, 6.07) is 23.4. The molecule has 8 nitrogen and oxygen atoms in total. The molecule has 5 rings (SSSR count). The Bertz CT molecular complexity index is 1690. The fourth-order valence-electron chi connectivity index (χ4n) is 3.97. The van der Waals surface area contributed by atoms with Crippen LogP contribution >= 0.6 is 0 Å². The van der Waals surface area contributed by atoms with Crippen molar-refractivity contribution < 1.29 is 22.0 Å². The first kappa shape index (κ1) is 26.3. The van der Waals surface area contributed by atoms with Gasteiger partial charge < -0.3 is 19.8 Å². The van der Waals surface area contributed by atoms with Gasteiger partial charge in [-0.25, -0.2) is 22.8 Å². The number of nitrogens with one attached hydrogen (secondary N) is 2. The van der Waals surface area contributed by atoms with Crippen LogP contribution in [-0.4, -0.2) is 36.9 Å². The lowest BCUT2D eigenvalue weighted by molar-refractivity contribution is 0.305. The van der Waals surface area contributed by atoms with E-state index in [0.717, 1.165) is 27.7 Å². The molecule has 0 aliphatic carbocycles. The second-order valence-corrected chi connectivity index (χ2v) is 11.4. The van der Waals surface area contributed by atoms with E-state index in [1.165, 1.54) is 24.7 Å². The quantitative estimate of drug-likeness (QED) is 0.210. The van der Waals surface area contributed by atoms with Gasteiger partial charge in [-0.05, 0) is 66.2 Å². The number of furan rings is 1. The van der Waals surface area contributed by atoms with Crippen LogP contribution in [0.15, 0.2) is 89.6 Å². The van der Waals surface area contributed by atoms with E-state index in [0.29, 0.717) is 36.2 Å². The summed E-state index contributed by atoms with van der Waals surface area (Å²) in [5.41, 5.74) is 3.21. The minimum Gasteiger partial charge on any atom is -0.489 e. The molecule has 2 aromatic heterocycles. The smallest absolute Gasteiger partial charge is 0.148 e. The zero-order valence-corrected chi connectivity index (χ0v) is 22.0. The van der Waals surface area contributed by atoms with Gasteiger partial charge in [0.2, 0.25) is 0 Å². The predicted octanol–water partition coefficient (Wildman–Crippen LogP) is 5.49. The average Bonchev–Trinajstić information content (AvgIpc) is 3.39. The summed E-state index contributed by atoms with van der Waals surface area (Å²) < 4.78 is 47.6. The maximum Gasteiger partial charge on any atom is 0.148 e. The SMILES string of the molecule is CS(=O)(=O)CCNCc1ccc(-c2ccc3c(Nc4ccc(OCc5cccc(F)c5)cc4)ncnc3c2)o1. The summed E-state index contributed by atoms with van der Waals surface area (Å²) in [6.45, 7) is 1.08. The zero-order chi connectivity index (χ0) is 27.2. The molecule has 0 radical (unpaired) electrons. The van der Waals surface area contributed by atoms with Gasteiger partial charge >= 0.3 is 0 Å². The molecule has 0 spiro atoms. The molecule has 0 unspecified atom stereocenters. The molecule has 0 saturated heterocycles. The second kappa shape index (κ2) is 11.6. The Kier molecular flexibility index (Phi) is 7.85. The van der Waals surface area contributed by atoms with E-state index in [9.17, 15) is 12.8 Å². The van der Waals surface area contributed by atoms with E-state index in [1.54, 1.807) is 6.07 Å². The lowest BCUT2D eigenvalue weighted by Gasteiger charge is -2.11. The number of hydrogen-bond acceptors (Lipinski definition) is 8. The first-order chi connectivity index (χ1) is 18.8. The number of anilines is 2. The van der Waals surface area contributed by atoms with Crippen LogP contribution in [0.5, 0.6) is 5.75 Å². The first-order valence-corrected chi connectivity index (χ1v) is 14.4. The number of benzene rings is 3. The summed E-state index contributed by atoms with van der Waals surface area (Å²) in [6.07, 6.45) is 2.72. The van der Waals surface area contributed by atoms with E-state index >= 15 is 0 Å². The van der Waals surface area contributed by atoms with E-state index < -0.39 is 9.84 Å². The second-order valence-electron chi connectivity index (χ2n) is 9.09. The number of nitrogens with zero attached hydrogens (tertiary/aromatic N) is 2. The van der Waals surface area contributed by atoms with Crippen molar-refractivity contribution in [3.8, 4) is 17.1 Å². The highest BCUT2D eigenvalue weighted by molar-refractivity contribution is 7.90. The largest absolute Gasteiger partial charge is 0.489 e. The molecular weight excluding hydrogens is 519 g/mol. The maximum absolute atomic E-state index is 13.4. The molecule has 200 valence electrons. The highest BCUT2D eigenvalue weighted by Gasteiger charge is 2.10. The minimum absolute atomic E-state index is 0.0792. The molecule has 2 heterocycles. The Hall–Kier alpha value is -4.28. The van der Waals surface area contributed by atoms with Crippen molar-refractivity contribution in [1.82, 2.24) is 15.3 Å². The van der Waals surface area contributed by atoms with Crippen molar-refractivity contribution >= 4 is 32.2 Å². The minimum atomic E-state index is -3.00. The van der Waals surface area contributed by atoms with Gasteiger partial charge in [0.05, 0.1) is 17.8 Å². The van der Waals surface area contributed by atoms with Crippen LogP contribution in [0.4, 0.5) is 15.9 Å². The summed E-state index contributed by atoms with van der Waals surface area (Å²) in [5.74, 6) is 2.53. The van der Waals surface area contributed by atoms with Crippen molar-refractivity contribution in [3.63, 3.8) is 0 Å².